The monoisotopic (exact) mass is 501 g/mol. The SMILES string of the molecule is CCCCCCC1=C(N[C@@H](Cc2ccc(Oc3nc(C)cc4ccncc34)cc2)C(=O)O)C(C)(C)C1=O. The summed E-state index contributed by atoms with van der Waals surface area (Å²) in [7, 11) is 0. The summed E-state index contributed by atoms with van der Waals surface area (Å²) < 4.78 is 6.05. The Morgan fingerprint density at radius 1 is 1.14 bits per heavy atom. The van der Waals surface area contributed by atoms with Crippen molar-refractivity contribution in [2.24, 2.45) is 5.41 Å². The zero-order valence-electron chi connectivity index (χ0n) is 22.0. The quantitative estimate of drug-likeness (QED) is 0.287. The molecule has 1 atom stereocenters. The van der Waals surface area contributed by atoms with Gasteiger partial charge in [0.1, 0.15) is 11.8 Å². The Hall–Kier alpha value is -3.74. The molecule has 37 heavy (non-hydrogen) atoms. The number of ketones is 1. The van der Waals surface area contributed by atoms with Crippen molar-refractivity contribution in [1.29, 1.82) is 0 Å². The van der Waals surface area contributed by atoms with E-state index in [0.717, 1.165) is 59.0 Å². The lowest BCUT2D eigenvalue weighted by Crippen LogP contribution is -2.51. The van der Waals surface area contributed by atoms with Crippen molar-refractivity contribution >= 4 is 22.5 Å². The van der Waals surface area contributed by atoms with Crippen molar-refractivity contribution < 1.29 is 19.4 Å². The van der Waals surface area contributed by atoms with Crippen LogP contribution in [0.1, 0.15) is 64.1 Å². The molecule has 0 radical (unpaired) electrons. The second kappa shape index (κ2) is 11.1. The maximum atomic E-state index is 12.7. The highest BCUT2D eigenvalue weighted by Gasteiger charge is 2.46. The van der Waals surface area contributed by atoms with Gasteiger partial charge in [-0.1, -0.05) is 38.3 Å². The van der Waals surface area contributed by atoms with Gasteiger partial charge < -0.3 is 15.2 Å². The van der Waals surface area contributed by atoms with Gasteiger partial charge in [0, 0.05) is 35.8 Å². The molecule has 0 bridgehead atoms. The smallest absolute Gasteiger partial charge is 0.326 e. The number of aliphatic carboxylic acids is 1. The molecule has 4 rings (SSSR count). The number of ether oxygens (including phenoxy) is 1. The number of carboxylic acid groups (broad SMARTS) is 1. The molecule has 0 aliphatic heterocycles. The van der Waals surface area contributed by atoms with Gasteiger partial charge in [-0.3, -0.25) is 9.78 Å². The first-order chi connectivity index (χ1) is 17.7. The summed E-state index contributed by atoms with van der Waals surface area (Å²) in [5.41, 5.74) is 2.54. The average Bonchev–Trinajstić information content (AvgIpc) is 2.87. The molecule has 0 saturated carbocycles. The summed E-state index contributed by atoms with van der Waals surface area (Å²) in [4.78, 5) is 33.5. The van der Waals surface area contributed by atoms with Gasteiger partial charge in [-0.2, -0.15) is 0 Å². The Morgan fingerprint density at radius 2 is 1.89 bits per heavy atom. The normalized spacial score (nSPS) is 15.4. The second-order valence-corrected chi connectivity index (χ2v) is 10.3. The Morgan fingerprint density at radius 3 is 2.59 bits per heavy atom. The van der Waals surface area contributed by atoms with E-state index in [-0.39, 0.29) is 12.2 Å². The molecule has 0 fully saturated rings. The molecule has 2 N–H and O–H groups in total. The van der Waals surface area contributed by atoms with E-state index in [2.05, 4.69) is 22.2 Å². The lowest BCUT2D eigenvalue weighted by molar-refractivity contribution is -0.139. The van der Waals surface area contributed by atoms with Gasteiger partial charge >= 0.3 is 5.97 Å². The topological polar surface area (TPSA) is 101 Å². The fourth-order valence-electron chi connectivity index (χ4n) is 4.83. The van der Waals surface area contributed by atoms with E-state index in [1.807, 2.05) is 57.2 Å². The van der Waals surface area contributed by atoms with Gasteiger partial charge in [-0.05, 0) is 68.8 Å². The Kier molecular flexibility index (Phi) is 7.91. The molecule has 2 aromatic heterocycles. The number of carbonyl (C=O) groups excluding carboxylic acids is 1. The largest absolute Gasteiger partial charge is 0.480 e. The number of nitrogens with one attached hydrogen (secondary N) is 1. The molecular formula is C30H35N3O4. The van der Waals surface area contributed by atoms with Crippen LogP contribution in [0.5, 0.6) is 11.6 Å². The first-order valence-corrected chi connectivity index (χ1v) is 13.0. The summed E-state index contributed by atoms with van der Waals surface area (Å²) in [6.07, 6.45) is 8.72. The minimum atomic E-state index is -0.948. The number of aromatic nitrogens is 2. The number of allylic oxidation sites excluding steroid dienone is 2. The molecule has 1 aliphatic carbocycles. The first-order valence-electron chi connectivity index (χ1n) is 13.0. The molecule has 0 unspecified atom stereocenters. The first kappa shape index (κ1) is 26.3. The van der Waals surface area contributed by atoms with Crippen LogP contribution in [0, 0.1) is 12.3 Å². The zero-order valence-corrected chi connectivity index (χ0v) is 22.0. The highest BCUT2D eigenvalue weighted by atomic mass is 16.5. The van der Waals surface area contributed by atoms with Crippen LogP contribution < -0.4 is 10.1 Å². The van der Waals surface area contributed by atoms with E-state index < -0.39 is 17.4 Å². The maximum Gasteiger partial charge on any atom is 0.326 e. The van der Waals surface area contributed by atoms with Crippen LogP contribution in [0.15, 0.2) is 60.1 Å². The predicted octanol–water partition coefficient (Wildman–Crippen LogP) is 6.15. The van der Waals surface area contributed by atoms with Gasteiger partial charge in [0.05, 0.1) is 10.8 Å². The highest BCUT2D eigenvalue weighted by molar-refractivity contribution is 6.09. The number of carbonyl (C=O) groups is 2. The number of Topliss-reactive ketones (excluding diaryl/α,β-unsaturated/α-hetero) is 1. The van der Waals surface area contributed by atoms with Crippen LogP contribution in [0.4, 0.5) is 0 Å². The van der Waals surface area contributed by atoms with Crippen molar-refractivity contribution in [1.82, 2.24) is 15.3 Å². The van der Waals surface area contributed by atoms with Crippen LogP contribution in [-0.4, -0.2) is 32.9 Å². The third-order valence-corrected chi connectivity index (χ3v) is 6.97. The van der Waals surface area contributed by atoms with Gasteiger partial charge in [0.15, 0.2) is 5.78 Å². The molecule has 7 heteroatoms. The Bertz CT molecular complexity index is 1330. The van der Waals surface area contributed by atoms with Crippen LogP contribution >= 0.6 is 0 Å². The lowest BCUT2D eigenvalue weighted by Gasteiger charge is -2.41. The van der Waals surface area contributed by atoms with Crippen molar-refractivity contribution in [3.63, 3.8) is 0 Å². The molecule has 0 saturated heterocycles. The van der Waals surface area contributed by atoms with E-state index in [1.165, 1.54) is 0 Å². The Balaban J connectivity index is 1.47. The van der Waals surface area contributed by atoms with Gasteiger partial charge in [0.25, 0.3) is 0 Å². The molecule has 7 nitrogen and oxygen atoms in total. The number of aryl methyl sites for hydroxylation is 1. The second-order valence-electron chi connectivity index (χ2n) is 10.3. The number of rotatable bonds is 12. The third kappa shape index (κ3) is 5.82. The molecule has 2 heterocycles. The summed E-state index contributed by atoms with van der Waals surface area (Å²) in [5, 5.41) is 15.0. The number of hydrogen-bond acceptors (Lipinski definition) is 6. The molecule has 3 aromatic rings. The van der Waals surface area contributed by atoms with E-state index >= 15 is 0 Å². The van der Waals surface area contributed by atoms with Crippen LogP contribution in [0.3, 0.4) is 0 Å². The summed E-state index contributed by atoms with van der Waals surface area (Å²) in [6.45, 7) is 7.78. The van der Waals surface area contributed by atoms with E-state index in [9.17, 15) is 14.7 Å². The summed E-state index contributed by atoms with van der Waals surface area (Å²) >= 11 is 0. The molecule has 1 aromatic carbocycles. The van der Waals surface area contributed by atoms with Crippen molar-refractivity contribution in [2.45, 2.75) is 72.3 Å². The predicted molar refractivity (Wildman–Crippen MR) is 144 cm³/mol. The standard InChI is InChI=1S/C30H35N3O4/c1-5-6-7-8-9-23-26(30(3,4)27(23)34)33-25(29(35)36)17-20-10-12-22(13-11-20)37-28-24-18-31-15-14-21(24)16-19(2)32-28/h10-16,18,25,33H,5-9,17H2,1-4H3,(H,35,36)/t25-/m0/s1. The summed E-state index contributed by atoms with van der Waals surface area (Å²) in [6, 6.07) is 10.4. The van der Waals surface area contributed by atoms with Crippen LogP contribution in [-0.2, 0) is 16.0 Å². The van der Waals surface area contributed by atoms with E-state index in [1.54, 1.807) is 12.4 Å². The minimum Gasteiger partial charge on any atom is -0.480 e. The van der Waals surface area contributed by atoms with Gasteiger partial charge in [-0.25, -0.2) is 9.78 Å². The fraction of sp³-hybridized carbons (Fsp3) is 0.400. The van der Waals surface area contributed by atoms with E-state index in [0.29, 0.717) is 18.1 Å². The Labute approximate surface area is 218 Å². The van der Waals surface area contributed by atoms with Crippen molar-refractivity contribution in [2.75, 3.05) is 0 Å². The molecule has 0 spiro atoms. The number of benzene rings is 1. The summed E-state index contributed by atoms with van der Waals surface area (Å²) in [5.74, 6) is 0.256. The zero-order chi connectivity index (χ0) is 26.6. The van der Waals surface area contributed by atoms with E-state index in [4.69, 9.17) is 4.74 Å². The highest BCUT2D eigenvalue weighted by Crippen LogP contribution is 2.43. The lowest BCUT2D eigenvalue weighted by atomic mass is 9.67. The van der Waals surface area contributed by atoms with Gasteiger partial charge in [0.2, 0.25) is 5.88 Å². The molecule has 194 valence electrons. The number of nitrogens with zero attached hydrogens (tertiary/aromatic N) is 2. The number of pyridine rings is 2. The fourth-order valence-corrected chi connectivity index (χ4v) is 4.83. The number of carboxylic acids is 1. The molecule has 0 amide bonds. The number of fused-ring (bicyclic) bond motifs is 1. The minimum absolute atomic E-state index is 0.115. The van der Waals surface area contributed by atoms with Crippen LogP contribution in [0.25, 0.3) is 10.8 Å². The van der Waals surface area contributed by atoms with Crippen LogP contribution in [0.2, 0.25) is 0 Å². The number of hydrogen-bond donors (Lipinski definition) is 2. The molecular weight excluding hydrogens is 466 g/mol. The number of unbranched alkanes of at least 4 members (excludes halogenated alkanes) is 3. The third-order valence-electron chi connectivity index (χ3n) is 6.97. The van der Waals surface area contributed by atoms with Crippen molar-refractivity contribution in [3.05, 3.63) is 71.3 Å². The average molecular weight is 502 g/mol. The van der Waals surface area contributed by atoms with Gasteiger partial charge in [-0.15, -0.1) is 0 Å². The molecule has 1 aliphatic rings. The van der Waals surface area contributed by atoms with Crippen molar-refractivity contribution in [3.8, 4) is 11.6 Å². The maximum absolute atomic E-state index is 12.7.